The Hall–Kier alpha value is -2.06. The molecule has 0 spiro atoms. The average molecular weight is 187 g/mol. The molecule has 0 aliphatic heterocycles. The molecule has 0 saturated carbocycles. The van der Waals surface area contributed by atoms with Gasteiger partial charge < -0.3 is 16.5 Å². The first-order valence-corrected chi connectivity index (χ1v) is 4.09. The van der Waals surface area contributed by atoms with Crippen molar-refractivity contribution in [2.24, 2.45) is 5.73 Å². The van der Waals surface area contributed by atoms with Crippen LogP contribution in [0, 0.1) is 11.8 Å². The molecule has 0 unspecified atom stereocenters. The zero-order valence-corrected chi connectivity index (χ0v) is 7.41. The zero-order chi connectivity index (χ0) is 9.97. The Kier molecular flexibility index (Phi) is 2.05. The quantitative estimate of drug-likeness (QED) is 0.500. The lowest BCUT2D eigenvalue weighted by Gasteiger charge is -1.93. The van der Waals surface area contributed by atoms with E-state index in [0.717, 1.165) is 10.9 Å². The number of anilines is 1. The summed E-state index contributed by atoms with van der Waals surface area (Å²) in [5.41, 5.74) is 12.5. The van der Waals surface area contributed by atoms with Gasteiger partial charge in [-0.05, 0) is 0 Å². The molecule has 0 atom stereocenters. The van der Waals surface area contributed by atoms with E-state index in [1.54, 1.807) is 6.20 Å². The molecule has 2 heterocycles. The summed E-state index contributed by atoms with van der Waals surface area (Å²) in [7, 11) is 0. The van der Waals surface area contributed by atoms with Crippen molar-refractivity contribution < 1.29 is 0 Å². The highest BCUT2D eigenvalue weighted by Crippen LogP contribution is 2.19. The molecule has 5 heteroatoms. The molecule has 0 aliphatic rings. The fourth-order valence-corrected chi connectivity index (χ4v) is 1.23. The van der Waals surface area contributed by atoms with Crippen molar-refractivity contribution >= 4 is 16.9 Å². The Bertz CT molecular complexity index is 517. The molecule has 2 aromatic heterocycles. The van der Waals surface area contributed by atoms with E-state index in [1.807, 2.05) is 0 Å². The van der Waals surface area contributed by atoms with Gasteiger partial charge in [0.15, 0.2) is 0 Å². The fourth-order valence-electron chi connectivity index (χ4n) is 1.23. The molecule has 0 radical (unpaired) electrons. The number of aromatic amines is 1. The summed E-state index contributed by atoms with van der Waals surface area (Å²) in [6.07, 6.45) is 3.16. The van der Waals surface area contributed by atoms with Crippen molar-refractivity contribution in [1.82, 2.24) is 15.0 Å². The van der Waals surface area contributed by atoms with Gasteiger partial charge in [-0.25, -0.2) is 9.97 Å². The number of hydrogen-bond acceptors (Lipinski definition) is 4. The van der Waals surface area contributed by atoms with E-state index in [-0.39, 0.29) is 0 Å². The molecular weight excluding hydrogens is 178 g/mol. The maximum atomic E-state index is 5.70. The van der Waals surface area contributed by atoms with Crippen LogP contribution < -0.4 is 11.5 Å². The SMILES string of the molecule is NCC#Cc1c[nH]c2ncnc(N)c12. The summed E-state index contributed by atoms with van der Waals surface area (Å²) >= 11 is 0. The van der Waals surface area contributed by atoms with Gasteiger partial charge >= 0.3 is 0 Å². The van der Waals surface area contributed by atoms with Crippen LogP contribution >= 0.6 is 0 Å². The van der Waals surface area contributed by atoms with E-state index < -0.39 is 0 Å². The second kappa shape index (κ2) is 3.36. The summed E-state index contributed by atoms with van der Waals surface area (Å²) in [6.45, 7) is 0.320. The molecule has 2 rings (SSSR count). The predicted molar refractivity (Wildman–Crippen MR) is 54.2 cm³/mol. The third-order valence-electron chi connectivity index (χ3n) is 1.82. The minimum absolute atomic E-state index is 0.320. The van der Waals surface area contributed by atoms with Crippen LogP contribution in [0.25, 0.3) is 11.0 Å². The lowest BCUT2D eigenvalue weighted by molar-refractivity contribution is 1.21. The van der Waals surface area contributed by atoms with Crippen LogP contribution in [0.3, 0.4) is 0 Å². The number of nitrogens with one attached hydrogen (secondary N) is 1. The molecule has 70 valence electrons. The lowest BCUT2D eigenvalue weighted by atomic mass is 10.2. The van der Waals surface area contributed by atoms with E-state index in [1.165, 1.54) is 6.33 Å². The normalized spacial score (nSPS) is 9.79. The van der Waals surface area contributed by atoms with Crippen molar-refractivity contribution in [3.8, 4) is 11.8 Å². The van der Waals surface area contributed by atoms with Crippen LogP contribution in [0.1, 0.15) is 5.56 Å². The third-order valence-corrected chi connectivity index (χ3v) is 1.82. The summed E-state index contributed by atoms with van der Waals surface area (Å²) in [5, 5.41) is 0.758. The van der Waals surface area contributed by atoms with Gasteiger partial charge in [0.05, 0.1) is 17.5 Å². The number of fused-ring (bicyclic) bond motifs is 1. The molecule has 0 fully saturated rings. The number of rotatable bonds is 0. The van der Waals surface area contributed by atoms with Gasteiger partial charge in [-0.15, -0.1) is 0 Å². The maximum Gasteiger partial charge on any atom is 0.144 e. The first-order chi connectivity index (χ1) is 6.83. The van der Waals surface area contributed by atoms with Crippen LogP contribution in [0.5, 0.6) is 0 Å². The van der Waals surface area contributed by atoms with Crippen molar-refractivity contribution in [3.05, 3.63) is 18.1 Å². The van der Waals surface area contributed by atoms with E-state index in [0.29, 0.717) is 18.0 Å². The van der Waals surface area contributed by atoms with Gasteiger partial charge in [-0.2, -0.15) is 0 Å². The van der Waals surface area contributed by atoms with E-state index in [9.17, 15) is 0 Å². The molecule has 14 heavy (non-hydrogen) atoms. The van der Waals surface area contributed by atoms with Gasteiger partial charge in [0.25, 0.3) is 0 Å². The molecule has 0 saturated heterocycles. The first-order valence-electron chi connectivity index (χ1n) is 4.09. The number of H-pyrrole nitrogens is 1. The Morgan fingerprint density at radius 3 is 3.07 bits per heavy atom. The van der Waals surface area contributed by atoms with Gasteiger partial charge in [-0.1, -0.05) is 11.8 Å². The van der Waals surface area contributed by atoms with Crippen LogP contribution in [0.4, 0.5) is 5.82 Å². The molecule has 0 amide bonds. The third kappa shape index (κ3) is 1.28. The summed E-state index contributed by atoms with van der Waals surface area (Å²) in [4.78, 5) is 10.9. The second-order valence-corrected chi connectivity index (χ2v) is 2.69. The molecule has 2 aromatic rings. The number of hydrogen-bond donors (Lipinski definition) is 3. The summed E-state index contributed by atoms with van der Waals surface area (Å²) in [6, 6.07) is 0. The lowest BCUT2D eigenvalue weighted by Crippen LogP contribution is -1.94. The molecule has 5 nitrogen and oxygen atoms in total. The molecular formula is C9H9N5. The monoisotopic (exact) mass is 187 g/mol. The van der Waals surface area contributed by atoms with Gasteiger partial charge in [0.2, 0.25) is 0 Å². The highest BCUT2D eigenvalue weighted by molar-refractivity contribution is 5.91. The van der Waals surface area contributed by atoms with Crippen LogP contribution in [-0.4, -0.2) is 21.5 Å². The Balaban J connectivity index is 2.67. The summed E-state index contributed by atoms with van der Waals surface area (Å²) in [5.74, 6) is 6.09. The molecule has 5 N–H and O–H groups in total. The van der Waals surface area contributed by atoms with Gasteiger partial charge in [0.1, 0.15) is 17.8 Å². The second-order valence-electron chi connectivity index (χ2n) is 2.69. The number of nitrogens with zero attached hydrogens (tertiary/aromatic N) is 2. The van der Waals surface area contributed by atoms with Gasteiger partial charge in [-0.3, -0.25) is 0 Å². The smallest absolute Gasteiger partial charge is 0.144 e. The maximum absolute atomic E-state index is 5.70. The Morgan fingerprint density at radius 1 is 1.43 bits per heavy atom. The fraction of sp³-hybridized carbons (Fsp3) is 0.111. The minimum atomic E-state index is 0.320. The highest BCUT2D eigenvalue weighted by atomic mass is 15.0. The van der Waals surface area contributed by atoms with Crippen molar-refractivity contribution in [3.63, 3.8) is 0 Å². The Morgan fingerprint density at radius 2 is 2.29 bits per heavy atom. The molecule has 0 aromatic carbocycles. The van der Waals surface area contributed by atoms with Crippen molar-refractivity contribution in [1.29, 1.82) is 0 Å². The number of nitrogens with two attached hydrogens (primary N) is 2. The highest BCUT2D eigenvalue weighted by Gasteiger charge is 2.05. The predicted octanol–water partition coefficient (Wildman–Crippen LogP) is -0.150. The zero-order valence-electron chi connectivity index (χ0n) is 7.41. The van der Waals surface area contributed by atoms with Crippen LogP contribution in [0.2, 0.25) is 0 Å². The van der Waals surface area contributed by atoms with E-state index >= 15 is 0 Å². The van der Waals surface area contributed by atoms with Crippen LogP contribution in [-0.2, 0) is 0 Å². The average Bonchev–Trinajstić information content (AvgIpc) is 2.59. The topological polar surface area (TPSA) is 93.6 Å². The van der Waals surface area contributed by atoms with E-state index in [2.05, 4.69) is 26.8 Å². The van der Waals surface area contributed by atoms with Crippen molar-refractivity contribution in [2.45, 2.75) is 0 Å². The van der Waals surface area contributed by atoms with E-state index in [4.69, 9.17) is 11.5 Å². The molecule has 0 aliphatic carbocycles. The number of aromatic nitrogens is 3. The van der Waals surface area contributed by atoms with Gasteiger partial charge in [0, 0.05) is 6.20 Å². The first kappa shape index (κ1) is 8.53. The minimum Gasteiger partial charge on any atom is -0.383 e. The van der Waals surface area contributed by atoms with Crippen molar-refractivity contribution in [2.75, 3.05) is 12.3 Å². The molecule has 0 bridgehead atoms. The standard InChI is InChI=1S/C9H9N5/c10-3-1-2-6-4-12-9-7(6)8(11)13-5-14-9/h4-5H,3,10H2,(H3,11,12,13,14). The van der Waals surface area contributed by atoms with Crippen LogP contribution in [0.15, 0.2) is 12.5 Å². The summed E-state index contributed by atoms with van der Waals surface area (Å²) < 4.78 is 0. The number of nitrogen functional groups attached to an aromatic ring is 1. The largest absolute Gasteiger partial charge is 0.383 e. The Labute approximate surface area is 80.5 Å².